The summed E-state index contributed by atoms with van der Waals surface area (Å²) in [5.74, 6) is 0.635. The molecule has 0 saturated heterocycles. The van der Waals surface area contributed by atoms with Gasteiger partial charge in [0.05, 0.1) is 0 Å². The molecule has 0 heterocycles. The summed E-state index contributed by atoms with van der Waals surface area (Å²) in [4.78, 5) is 0. The Morgan fingerprint density at radius 3 is 2.70 bits per heavy atom. The van der Waals surface area contributed by atoms with E-state index in [0.717, 1.165) is 32.6 Å². The second-order valence-corrected chi connectivity index (χ2v) is 6.21. The Balaban J connectivity index is 2.04. The molecule has 1 N–H and O–H groups in total. The van der Waals surface area contributed by atoms with Crippen LogP contribution in [-0.2, 0) is 11.2 Å². The Hall–Kier alpha value is -0.860. The lowest BCUT2D eigenvalue weighted by Gasteiger charge is -2.14. The number of benzene rings is 1. The van der Waals surface area contributed by atoms with Crippen LogP contribution in [0.5, 0.6) is 0 Å². The summed E-state index contributed by atoms with van der Waals surface area (Å²) in [6.45, 7) is 11.6. The summed E-state index contributed by atoms with van der Waals surface area (Å²) < 4.78 is 5.58. The number of aryl methyl sites for hydroxylation is 2. The zero-order valence-electron chi connectivity index (χ0n) is 13.6. The fourth-order valence-corrected chi connectivity index (χ4v) is 2.19. The van der Waals surface area contributed by atoms with Crippen molar-refractivity contribution in [1.82, 2.24) is 5.32 Å². The van der Waals surface area contributed by atoms with Crippen LogP contribution >= 0.6 is 0 Å². The minimum absolute atomic E-state index is 0.570. The van der Waals surface area contributed by atoms with Gasteiger partial charge in [-0.2, -0.15) is 0 Å². The van der Waals surface area contributed by atoms with E-state index in [1.807, 2.05) is 0 Å². The molecule has 2 nitrogen and oxygen atoms in total. The maximum Gasteiger partial charge on any atom is 0.0489 e. The molecule has 1 aromatic rings. The lowest BCUT2D eigenvalue weighted by atomic mass is 10.0. The van der Waals surface area contributed by atoms with Gasteiger partial charge in [-0.05, 0) is 51.1 Å². The second-order valence-electron chi connectivity index (χ2n) is 6.21. The Labute approximate surface area is 124 Å². The summed E-state index contributed by atoms with van der Waals surface area (Å²) in [5, 5.41) is 3.58. The van der Waals surface area contributed by atoms with Crippen LogP contribution < -0.4 is 5.32 Å². The SMILES string of the molecule is Cc1cccc(CCC(C)NCCCOCC(C)C)c1. The van der Waals surface area contributed by atoms with Gasteiger partial charge in [0, 0.05) is 19.3 Å². The van der Waals surface area contributed by atoms with Crippen LogP contribution in [0.2, 0.25) is 0 Å². The number of ether oxygens (including phenoxy) is 1. The molecule has 0 amide bonds. The fourth-order valence-electron chi connectivity index (χ4n) is 2.19. The number of hydrogen-bond donors (Lipinski definition) is 1. The highest BCUT2D eigenvalue weighted by Crippen LogP contribution is 2.08. The molecular formula is C18H31NO. The molecule has 0 aliphatic carbocycles. The quantitative estimate of drug-likeness (QED) is 0.653. The number of nitrogens with one attached hydrogen (secondary N) is 1. The van der Waals surface area contributed by atoms with Crippen molar-refractivity contribution in [1.29, 1.82) is 0 Å². The van der Waals surface area contributed by atoms with Crippen LogP contribution in [0.3, 0.4) is 0 Å². The van der Waals surface area contributed by atoms with Crippen molar-refractivity contribution in [2.24, 2.45) is 5.92 Å². The van der Waals surface area contributed by atoms with Crippen molar-refractivity contribution < 1.29 is 4.74 Å². The first-order valence-electron chi connectivity index (χ1n) is 7.94. The average molecular weight is 277 g/mol. The van der Waals surface area contributed by atoms with Crippen LogP contribution in [0, 0.1) is 12.8 Å². The molecule has 1 atom stereocenters. The average Bonchev–Trinajstić information content (AvgIpc) is 2.40. The highest BCUT2D eigenvalue weighted by Gasteiger charge is 2.02. The molecule has 114 valence electrons. The summed E-state index contributed by atoms with van der Waals surface area (Å²) in [7, 11) is 0. The summed E-state index contributed by atoms with van der Waals surface area (Å²) >= 11 is 0. The molecule has 0 fully saturated rings. The van der Waals surface area contributed by atoms with Crippen molar-refractivity contribution in [3.63, 3.8) is 0 Å². The smallest absolute Gasteiger partial charge is 0.0489 e. The Kier molecular flexibility index (Phi) is 8.56. The van der Waals surface area contributed by atoms with Gasteiger partial charge in [0.2, 0.25) is 0 Å². The van der Waals surface area contributed by atoms with E-state index < -0.39 is 0 Å². The highest BCUT2D eigenvalue weighted by atomic mass is 16.5. The second kappa shape index (κ2) is 9.95. The van der Waals surface area contributed by atoms with Crippen molar-refractivity contribution in [3.8, 4) is 0 Å². The van der Waals surface area contributed by atoms with E-state index in [-0.39, 0.29) is 0 Å². The van der Waals surface area contributed by atoms with E-state index in [9.17, 15) is 0 Å². The third kappa shape index (κ3) is 8.34. The summed E-state index contributed by atoms with van der Waals surface area (Å²) in [5.41, 5.74) is 2.80. The molecule has 0 aliphatic rings. The Morgan fingerprint density at radius 2 is 2.00 bits per heavy atom. The zero-order valence-corrected chi connectivity index (χ0v) is 13.6. The lowest BCUT2D eigenvalue weighted by Crippen LogP contribution is -2.28. The van der Waals surface area contributed by atoms with Crippen LogP contribution in [-0.4, -0.2) is 25.8 Å². The van der Waals surface area contributed by atoms with Crippen molar-refractivity contribution in [2.75, 3.05) is 19.8 Å². The third-order valence-electron chi connectivity index (χ3n) is 3.36. The van der Waals surface area contributed by atoms with E-state index in [2.05, 4.69) is 57.3 Å². The van der Waals surface area contributed by atoms with Crippen molar-refractivity contribution in [2.45, 2.75) is 53.0 Å². The van der Waals surface area contributed by atoms with Crippen LogP contribution in [0.4, 0.5) is 0 Å². The third-order valence-corrected chi connectivity index (χ3v) is 3.36. The van der Waals surface area contributed by atoms with Gasteiger partial charge in [-0.1, -0.05) is 43.7 Å². The molecule has 0 radical (unpaired) electrons. The normalized spacial score (nSPS) is 12.8. The van der Waals surface area contributed by atoms with Gasteiger partial charge in [0.1, 0.15) is 0 Å². The first-order valence-corrected chi connectivity index (χ1v) is 7.94. The van der Waals surface area contributed by atoms with Gasteiger partial charge >= 0.3 is 0 Å². The molecule has 0 aromatic heterocycles. The standard InChI is InChI=1S/C18H31NO/c1-15(2)14-20-12-6-11-19-17(4)9-10-18-8-5-7-16(3)13-18/h5,7-8,13,15,17,19H,6,9-12,14H2,1-4H3. The Bertz CT molecular complexity index is 362. The predicted octanol–water partition coefficient (Wildman–Crippen LogP) is 3.97. The van der Waals surface area contributed by atoms with Gasteiger partial charge in [-0.15, -0.1) is 0 Å². The molecular weight excluding hydrogens is 246 g/mol. The maximum atomic E-state index is 5.58. The minimum atomic E-state index is 0.570. The zero-order chi connectivity index (χ0) is 14.8. The van der Waals surface area contributed by atoms with Gasteiger partial charge < -0.3 is 10.1 Å². The summed E-state index contributed by atoms with van der Waals surface area (Å²) in [6, 6.07) is 9.38. The first-order chi connectivity index (χ1) is 9.58. The van der Waals surface area contributed by atoms with E-state index in [0.29, 0.717) is 12.0 Å². The molecule has 0 bridgehead atoms. The van der Waals surface area contributed by atoms with Gasteiger partial charge in [-0.25, -0.2) is 0 Å². The molecule has 0 aliphatic heterocycles. The monoisotopic (exact) mass is 277 g/mol. The highest BCUT2D eigenvalue weighted by molar-refractivity contribution is 5.22. The van der Waals surface area contributed by atoms with E-state index >= 15 is 0 Å². The fraction of sp³-hybridized carbons (Fsp3) is 0.667. The number of hydrogen-bond acceptors (Lipinski definition) is 2. The van der Waals surface area contributed by atoms with Gasteiger partial charge in [0.25, 0.3) is 0 Å². The first kappa shape index (κ1) is 17.2. The minimum Gasteiger partial charge on any atom is -0.381 e. The van der Waals surface area contributed by atoms with Gasteiger partial charge in [-0.3, -0.25) is 0 Å². The molecule has 2 heteroatoms. The molecule has 1 rings (SSSR count). The lowest BCUT2D eigenvalue weighted by molar-refractivity contribution is 0.107. The van der Waals surface area contributed by atoms with Crippen molar-refractivity contribution >= 4 is 0 Å². The molecule has 1 aromatic carbocycles. The van der Waals surface area contributed by atoms with Crippen LogP contribution in [0.25, 0.3) is 0 Å². The van der Waals surface area contributed by atoms with Crippen molar-refractivity contribution in [3.05, 3.63) is 35.4 Å². The molecule has 1 unspecified atom stereocenters. The topological polar surface area (TPSA) is 21.3 Å². The number of rotatable bonds is 10. The molecule has 20 heavy (non-hydrogen) atoms. The Morgan fingerprint density at radius 1 is 1.20 bits per heavy atom. The van der Waals surface area contributed by atoms with Crippen LogP contribution in [0.1, 0.15) is 44.7 Å². The van der Waals surface area contributed by atoms with E-state index in [1.54, 1.807) is 0 Å². The maximum absolute atomic E-state index is 5.58. The van der Waals surface area contributed by atoms with E-state index in [1.165, 1.54) is 17.5 Å². The molecule has 0 saturated carbocycles. The van der Waals surface area contributed by atoms with Gasteiger partial charge in [0.15, 0.2) is 0 Å². The van der Waals surface area contributed by atoms with E-state index in [4.69, 9.17) is 4.74 Å². The summed E-state index contributed by atoms with van der Waals surface area (Å²) in [6.07, 6.45) is 3.44. The van der Waals surface area contributed by atoms with Crippen LogP contribution in [0.15, 0.2) is 24.3 Å². The largest absolute Gasteiger partial charge is 0.381 e. The molecule has 0 spiro atoms. The predicted molar refractivity (Wildman–Crippen MR) is 87.2 cm³/mol.